The van der Waals surface area contributed by atoms with E-state index < -0.39 is 23.5 Å². The Balaban J connectivity index is 0.000000247. The standard InChI is InChI=1S/C18H12FN3.C3H6F3NO2S/c19-15-10-13(12-4-2-1-3-5-12)6-7-14(15)17-11-21-18-16(22-17)8-9-20-18;1-2(3(4,5)6)7-10(8)9/h1-11H,(H,20,21);2,7H,1H3,(H,8,9)/p-1. The molecule has 168 valence electrons. The molecule has 32 heavy (non-hydrogen) atoms. The molecule has 4 rings (SSSR count). The van der Waals surface area contributed by atoms with E-state index in [9.17, 15) is 26.3 Å². The van der Waals surface area contributed by atoms with Gasteiger partial charge in [0.15, 0.2) is 5.65 Å². The molecule has 2 N–H and O–H groups in total. The van der Waals surface area contributed by atoms with Gasteiger partial charge in [0.25, 0.3) is 0 Å². The number of hydrogen-bond donors (Lipinski definition) is 2. The van der Waals surface area contributed by atoms with Crippen LogP contribution in [-0.4, -0.2) is 35.9 Å². The van der Waals surface area contributed by atoms with Gasteiger partial charge in [-0.15, -0.1) is 0 Å². The van der Waals surface area contributed by atoms with Gasteiger partial charge in [-0.25, -0.2) is 19.1 Å². The molecule has 2 heterocycles. The van der Waals surface area contributed by atoms with Crippen LogP contribution in [0.4, 0.5) is 17.6 Å². The number of aromatic amines is 1. The third-order valence-corrected chi connectivity index (χ3v) is 4.92. The van der Waals surface area contributed by atoms with Gasteiger partial charge >= 0.3 is 6.18 Å². The van der Waals surface area contributed by atoms with E-state index >= 15 is 0 Å². The Hall–Kier alpha value is -3.15. The molecule has 0 radical (unpaired) electrons. The Bertz CT molecular complexity index is 1220. The molecule has 0 aliphatic carbocycles. The van der Waals surface area contributed by atoms with Crippen molar-refractivity contribution in [3.05, 3.63) is 72.8 Å². The van der Waals surface area contributed by atoms with Crippen molar-refractivity contribution in [2.75, 3.05) is 0 Å². The fraction of sp³-hybridized carbons (Fsp3) is 0.143. The van der Waals surface area contributed by atoms with Gasteiger partial charge < -0.3 is 9.54 Å². The largest absolute Gasteiger partial charge is 0.760 e. The lowest BCUT2D eigenvalue weighted by Crippen LogP contribution is -2.40. The summed E-state index contributed by atoms with van der Waals surface area (Å²) in [5, 5.41) is 0. The molecule has 6 nitrogen and oxygen atoms in total. The van der Waals surface area contributed by atoms with Crippen LogP contribution >= 0.6 is 0 Å². The minimum atomic E-state index is -4.51. The van der Waals surface area contributed by atoms with E-state index in [1.54, 1.807) is 18.5 Å². The molecule has 2 aromatic carbocycles. The first-order valence-electron chi connectivity index (χ1n) is 9.23. The molecule has 0 aliphatic heterocycles. The van der Waals surface area contributed by atoms with Crippen molar-refractivity contribution in [3.63, 3.8) is 0 Å². The molecule has 0 amide bonds. The summed E-state index contributed by atoms with van der Waals surface area (Å²) in [6, 6.07) is 14.7. The van der Waals surface area contributed by atoms with Crippen LogP contribution in [-0.2, 0) is 11.3 Å². The van der Waals surface area contributed by atoms with Crippen LogP contribution in [0.25, 0.3) is 33.5 Å². The highest BCUT2D eigenvalue weighted by Crippen LogP contribution is 2.27. The van der Waals surface area contributed by atoms with Crippen LogP contribution in [0.3, 0.4) is 0 Å². The van der Waals surface area contributed by atoms with Crippen LogP contribution in [0.5, 0.6) is 0 Å². The van der Waals surface area contributed by atoms with Gasteiger partial charge in [0, 0.05) is 23.0 Å². The summed E-state index contributed by atoms with van der Waals surface area (Å²) in [4.78, 5) is 11.7. The van der Waals surface area contributed by atoms with E-state index in [0.29, 0.717) is 16.9 Å². The molecule has 0 saturated heterocycles. The number of hydrogen-bond acceptors (Lipinski definition) is 4. The van der Waals surface area contributed by atoms with Gasteiger partial charge in [0.2, 0.25) is 0 Å². The normalized spacial score (nSPS) is 13.3. The maximum Gasteiger partial charge on any atom is 0.404 e. The molecule has 2 aromatic heterocycles. The Kier molecular flexibility index (Phi) is 7.33. The van der Waals surface area contributed by atoms with Crippen LogP contribution in [0.15, 0.2) is 67.0 Å². The van der Waals surface area contributed by atoms with Crippen molar-refractivity contribution < 1.29 is 26.3 Å². The number of nitrogens with one attached hydrogen (secondary N) is 2. The number of alkyl halides is 3. The topological polar surface area (TPSA) is 93.7 Å². The number of halogens is 4. The Morgan fingerprint density at radius 1 is 1.09 bits per heavy atom. The van der Waals surface area contributed by atoms with E-state index in [1.807, 2.05) is 42.5 Å². The lowest BCUT2D eigenvalue weighted by Gasteiger charge is -2.17. The predicted octanol–water partition coefficient (Wildman–Crippen LogP) is 4.75. The molecule has 0 aliphatic rings. The maximum absolute atomic E-state index is 14.5. The highest BCUT2D eigenvalue weighted by atomic mass is 32.2. The summed E-state index contributed by atoms with van der Waals surface area (Å²) in [5.74, 6) is -0.300. The summed E-state index contributed by atoms with van der Waals surface area (Å²) in [6.07, 6.45) is -1.16. The number of benzene rings is 2. The second-order valence-corrected chi connectivity index (χ2v) is 7.35. The smallest absolute Gasteiger partial charge is 0.404 e. The molecule has 11 heteroatoms. The second-order valence-electron chi connectivity index (χ2n) is 6.64. The van der Waals surface area contributed by atoms with Crippen molar-refractivity contribution in [2.45, 2.75) is 19.1 Å². The van der Waals surface area contributed by atoms with Crippen LogP contribution in [0, 0.1) is 5.82 Å². The van der Waals surface area contributed by atoms with E-state index in [2.05, 4.69) is 15.0 Å². The second kappa shape index (κ2) is 9.98. The van der Waals surface area contributed by atoms with Gasteiger partial charge in [-0.2, -0.15) is 13.2 Å². The van der Waals surface area contributed by atoms with Crippen LogP contribution in [0.1, 0.15) is 6.92 Å². The third kappa shape index (κ3) is 5.96. The van der Waals surface area contributed by atoms with Crippen molar-refractivity contribution >= 4 is 22.4 Å². The average Bonchev–Trinajstić information content (AvgIpc) is 3.21. The van der Waals surface area contributed by atoms with Crippen molar-refractivity contribution in [2.24, 2.45) is 0 Å². The fourth-order valence-electron chi connectivity index (χ4n) is 2.70. The number of fused-ring (bicyclic) bond motifs is 1. The molecule has 2 unspecified atom stereocenters. The number of rotatable bonds is 4. The summed E-state index contributed by atoms with van der Waals surface area (Å²) in [5.41, 5.74) is 4.24. The first kappa shape index (κ1) is 23.5. The summed E-state index contributed by atoms with van der Waals surface area (Å²) < 4.78 is 69.5. The Morgan fingerprint density at radius 3 is 2.41 bits per heavy atom. The van der Waals surface area contributed by atoms with E-state index in [4.69, 9.17) is 0 Å². The zero-order chi connectivity index (χ0) is 23.3. The van der Waals surface area contributed by atoms with Gasteiger partial charge in [0.05, 0.1) is 11.9 Å². The van der Waals surface area contributed by atoms with Crippen molar-refractivity contribution in [3.8, 4) is 22.4 Å². The monoisotopic (exact) mass is 465 g/mol. The highest BCUT2D eigenvalue weighted by Gasteiger charge is 2.35. The lowest BCUT2D eigenvalue weighted by atomic mass is 10.0. The molecule has 0 saturated carbocycles. The van der Waals surface area contributed by atoms with Gasteiger partial charge in [-0.3, -0.25) is 4.21 Å². The minimum absolute atomic E-state index is 0.300. The predicted molar refractivity (Wildman–Crippen MR) is 112 cm³/mol. The van der Waals surface area contributed by atoms with E-state index in [0.717, 1.165) is 23.6 Å². The van der Waals surface area contributed by atoms with Crippen LogP contribution < -0.4 is 4.72 Å². The highest BCUT2D eigenvalue weighted by molar-refractivity contribution is 7.77. The van der Waals surface area contributed by atoms with Gasteiger partial charge in [0.1, 0.15) is 17.4 Å². The molecule has 2 atom stereocenters. The molecular weight excluding hydrogens is 448 g/mol. The van der Waals surface area contributed by atoms with Crippen LogP contribution in [0.2, 0.25) is 0 Å². The molecule has 0 bridgehead atoms. The fourth-order valence-corrected chi connectivity index (χ4v) is 3.13. The quantitative estimate of drug-likeness (QED) is 0.336. The van der Waals surface area contributed by atoms with E-state index in [1.165, 1.54) is 10.8 Å². The zero-order valence-corrected chi connectivity index (χ0v) is 17.4. The van der Waals surface area contributed by atoms with Crippen molar-refractivity contribution in [1.29, 1.82) is 0 Å². The Labute approximate surface area is 183 Å². The number of aromatic nitrogens is 3. The summed E-state index contributed by atoms with van der Waals surface area (Å²) in [6.45, 7) is 0.718. The molecular formula is C21H17F4N4O2S-. The Morgan fingerprint density at radius 2 is 1.81 bits per heavy atom. The average molecular weight is 465 g/mol. The SMILES string of the molecule is CC(NS(=O)[O-])C(F)(F)F.Fc1cc(-c2ccccc2)ccc1-c1cnc2[nH]ccc2n1. The first-order valence-corrected chi connectivity index (χ1v) is 10.3. The van der Waals surface area contributed by atoms with Crippen molar-refractivity contribution in [1.82, 2.24) is 19.7 Å². The maximum atomic E-state index is 14.5. The van der Waals surface area contributed by atoms with E-state index in [-0.39, 0.29) is 5.82 Å². The third-order valence-electron chi connectivity index (χ3n) is 4.38. The number of H-pyrrole nitrogens is 1. The minimum Gasteiger partial charge on any atom is -0.760 e. The number of nitrogens with zero attached hydrogens (tertiary/aromatic N) is 2. The first-order chi connectivity index (χ1) is 15.1. The van der Waals surface area contributed by atoms with Gasteiger partial charge in [-0.1, -0.05) is 36.4 Å². The zero-order valence-electron chi connectivity index (χ0n) is 16.6. The van der Waals surface area contributed by atoms with Gasteiger partial charge in [-0.05, 0) is 36.2 Å². The molecule has 4 aromatic rings. The molecule has 0 spiro atoms. The molecule has 0 fully saturated rings. The summed E-state index contributed by atoms with van der Waals surface area (Å²) in [7, 11) is 0. The summed E-state index contributed by atoms with van der Waals surface area (Å²) >= 11 is -2.86. The lowest BCUT2D eigenvalue weighted by molar-refractivity contribution is -0.147.